The number of piperazine rings is 1. The van der Waals surface area contributed by atoms with Crippen LogP contribution in [-0.4, -0.2) is 130 Å². The first kappa shape index (κ1) is 48.4. The van der Waals surface area contributed by atoms with Crippen LogP contribution in [0, 0.1) is 5.82 Å². The number of hydrogen-bond acceptors (Lipinski definition) is 17. The van der Waals surface area contributed by atoms with Crippen molar-refractivity contribution < 1.29 is 37.1 Å². The lowest BCUT2D eigenvalue weighted by molar-refractivity contribution is -0.134. The van der Waals surface area contributed by atoms with Crippen molar-refractivity contribution in [1.29, 1.82) is 0 Å². The Labute approximate surface area is 411 Å². The molecule has 3 aromatic carbocycles. The summed E-state index contributed by atoms with van der Waals surface area (Å²) in [6.45, 7) is 3.81. The zero-order valence-corrected chi connectivity index (χ0v) is 41.4. The van der Waals surface area contributed by atoms with E-state index in [1.165, 1.54) is 26.5 Å². The Hall–Kier alpha value is -6.58. The normalized spacial score (nSPS) is 17.1. The highest BCUT2D eigenvalue weighted by atomic mass is 79.9. The molecule has 4 N–H and O–H groups in total. The number of aromatic nitrogens is 6. The molecule has 3 amide bonds. The Morgan fingerprint density at radius 3 is 2.39 bits per heavy atom. The summed E-state index contributed by atoms with van der Waals surface area (Å²) in [6, 6.07) is 11.8. The van der Waals surface area contributed by atoms with Crippen LogP contribution < -0.4 is 36.2 Å². The van der Waals surface area contributed by atoms with Gasteiger partial charge in [-0.2, -0.15) is 10.1 Å². The fraction of sp³-hybridized carbons (Fsp3) is 0.362. The van der Waals surface area contributed by atoms with Gasteiger partial charge in [-0.25, -0.2) is 9.37 Å². The second kappa shape index (κ2) is 20.8. The van der Waals surface area contributed by atoms with E-state index in [0.717, 1.165) is 16.8 Å². The van der Waals surface area contributed by atoms with Crippen molar-refractivity contribution >= 4 is 92.1 Å². The molecule has 0 saturated carbocycles. The van der Waals surface area contributed by atoms with E-state index in [0.29, 0.717) is 108 Å². The summed E-state index contributed by atoms with van der Waals surface area (Å²) in [4.78, 5) is 61.8. The third kappa shape index (κ3) is 10.3. The fourth-order valence-corrected chi connectivity index (χ4v) is 10.8. The molecule has 3 fully saturated rings. The van der Waals surface area contributed by atoms with Crippen LogP contribution in [0.15, 0.2) is 77.9 Å². The number of methoxy groups -OCH3 is 1. The fourth-order valence-electron chi connectivity index (χ4n) is 9.18. The van der Waals surface area contributed by atoms with Crippen molar-refractivity contribution in [1.82, 2.24) is 44.8 Å². The average molecular weight is 1040 g/mol. The second-order valence-electron chi connectivity index (χ2n) is 17.2. The smallest absolute Gasteiger partial charge is 0.365 e. The minimum atomic E-state index is -3.84. The highest BCUT2D eigenvalue weighted by Gasteiger charge is 2.33. The van der Waals surface area contributed by atoms with Crippen molar-refractivity contribution in [2.45, 2.75) is 37.6 Å². The predicted octanol–water partition coefficient (Wildman–Crippen LogP) is 6.07. The first-order valence-electron chi connectivity index (χ1n) is 22.7. The highest BCUT2D eigenvalue weighted by Crippen LogP contribution is 2.49. The van der Waals surface area contributed by atoms with Crippen LogP contribution in [0.1, 0.15) is 37.2 Å². The summed E-state index contributed by atoms with van der Waals surface area (Å²) in [7, 11) is 2.22. The molecular weight excluding hydrogens is 988 g/mol. The monoisotopic (exact) mass is 1040 g/mol. The van der Waals surface area contributed by atoms with Gasteiger partial charge >= 0.3 is 7.60 Å². The first-order chi connectivity index (χ1) is 33.8. The number of halogens is 2. The van der Waals surface area contributed by atoms with Gasteiger partial charge in [-0.05, 0) is 90.1 Å². The Balaban J connectivity index is 0.856. The molecule has 3 aliphatic heterocycles. The van der Waals surface area contributed by atoms with Crippen molar-refractivity contribution in [3.8, 4) is 16.9 Å². The predicted molar refractivity (Wildman–Crippen MR) is 266 cm³/mol. The van der Waals surface area contributed by atoms with Gasteiger partial charge in [0.2, 0.25) is 23.7 Å². The Bertz CT molecular complexity index is 2990. The quantitative estimate of drug-likeness (QED) is 0.0676. The summed E-state index contributed by atoms with van der Waals surface area (Å²) in [5.41, 5.74) is 5.59. The zero-order chi connectivity index (χ0) is 49.1. The van der Waals surface area contributed by atoms with E-state index in [-0.39, 0.29) is 47.8 Å². The lowest BCUT2D eigenvalue weighted by atomic mass is 9.89. The zero-order valence-electron chi connectivity index (χ0n) is 38.9. The summed E-state index contributed by atoms with van der Waals surface area (Å²) in [5, 5.41) is 16.6. The van der Waals surface area contributed by atoms with E-state index in [9.17, 15) is 18.9 Å². The first-order valence-corrected chi connectivity index (χ1v) is 25.0. The summed E-state index contributed by atoms with van der Waals surface area (Å²) in [5.74, 6) is 0.129. The number of amides is 3. The van der Waals surface area contributed by atoms with Crippen LogP contribution in [0.25, 0.3) is 22.2 Å². The molecule has 0 aliphatic carbocycles. The van der Waals surface area contributed by atoms with Gasteiger partial charge < -0.3 is 39.5 Å². The molecule has 1 atom stereocenters. The van der Waals surface area contributed by atoms with Gasteiger partial charge in [0.05, 0.1) is 41.2 Å². The maximum absolute atomic E-state index is 15.4. The molecule has 6 aromatic rings. The van der Waals surface area contributed by atoms with Crippen LogP contribution in [0.2, 0.25) is 0 Å². The molecule has 9 rings (SSSR count). The van der Waals surface area contributed by atoms with Crippen LogP contribution in [0.3, 0.4) is 0 Å². The Morgan fingerprint density at radius 1 is 0.914 bits per heavy atom. The Kier molecular flexibility index (Phi) is 14.4. The van der Waals surface area contributed by atoms with Gasteiger partial charge in [0.1, 0.15) is 34.2 Å². The van der Waals surface area contributed by atoms with Gasteiger partial charge in [-0.1, -0.05) is 6.07 Å². The number of fused-ring (bicyclic) bond motifs is 1. The van der Waals surface area contributed by atoms with Crippen molar-refractivity contribution in [3.05, 3.63) is 89.3 Å². The van der Waals surface area contributed by atoms with Gasteiger partial charge in [0.25, 0.3) is 0 Å². The molecule has 0 spiro atoms. The highest BCUT2D eigenvalue weighted by molar-refractivity contribution is 9.10. The van der Waals surface area contributed by atoms with Gasteiger partial charge in [0.15, 0.2) is 0 Å². The number of nitrogens with one attached hydrogen (secondary N) is 4. The maximum atomic E-state index is 15.4. The van der Waals surface area contributed by atoms with E-state index in [1.807, 2.05) is 30.3 Å². The number of anilines is 6. The lowest BCUT2D eigenvalue weighted by Crippen LogP contribution is -2.52. The van der Waals surface area contributed by atoms with E-state index in [4.69, 9.17) is 18.8 Å². The number of likely N-dealkylation sites (tertiary alicyclic amines) is 1. The summed E-state index contributed by atoms with van der Waals surface area (Å²) in [6.07, 6.45) is 10.4. The summed E-state index contributed by atoms with van der Waals surface area (Å²) >= 11 is 3.56. The molecule has 3 saturated heterocycles. The number of rotatable bonds is 15. The van der Waals surface area contributed by atoms with Gasteiger partial charge in [-0.15, -0.1) is 0 Å². The largest absolute Gasteiger partial charge is 0.494 e. The molecule has 23 heteroatoms. The average Bonchev–Trinajstić information content (AvgIpc) is 3.81. The number of nitrogens with zero attached hydrogens (tertiary/aromatic N) is 9. The van der Waals surface area contributed by atoms with Crippen LogP contribution in [0.5, 0.6) is 5.75 Å². The number of hydrogen-bond donors (Lipinski definition) is 4. The molecule has 0 radical (unpaired) electrons. The number of piperidine rings is 2. The Morgan fingerprint density at radius 2 is 1.69 bits per heavy atom. The van der Waals surface area contributed by atoms with Crippen molar-refractivity contribution in [3.63, 3.8) is 0 Å². The lowest BCUT2D eigenvalue weighted by Gasteiger charge is -2.39. The molecule has 70 heavy (non-hydrogen) atoms. The number of imide groups is 1. The van der Waals surface area contributed by atoms with E-state index in [1.54, 1.807) is 54.6 Å². The van der Waals surface area contributed by atoms with E-state index >= 15 is 4.39 Å². The molecule has 3 aromatic heterocycles. The third-order valence-corrected chi connectivity index (χ3v) is 15.4. The van der Waals surface area contributed by atoms with E-state index < -0.39 is 19.5 Å². The van der Waals surface area contributed by atoms with Crippen LogP contribution in [-0.2, 0) is 35.0 Å². The topological polar surface area (TPSA) is 223 Å². The SMILES string of the molecule is COc1cc(N2CCN(C(=O)CN3CCC(c4ccc(NC5CCC(=O)NC5=O)cc4F)CC3)CC2)c(-c2cnn(C)c2)cc1Nc1ncc(Br)c(Nc2ccc3nccnc3c2P(=O)(OC)OC)n1. The molecule has 20 nitrogen and oxygen atoms in total. The number of benzene rings is 3. The molecule has 1 unspecified atom stereocenters. The third-order valence-electron chi connectivity index (χ3n) is 12.9. The number of carbonyl (C=O) groups excluding carboxylic acids is 3. The maximum Gasteiger partial charge on any atom is 0.365 e. The summed E-state index contributed by atoms with van der Waals surface area (Å²) < 4.78 is 48.3. The van der Waals surface area contributed by atoms with Crippen molar-refractivity contribution in [2.24, 2.45) is 7.05 Å². The standard InChI is InChI=1S/C47H52BrFN13O7P/c1-59-26-29(24-53-59)32-22-38(56-47-52-25-33(48)45(58-47)55-36-8-7-35-43(51-14-13-50-35)44(36)70(66,68-3)69-4)40(67-2)23-39(32)61-17-19-62(20-18-61)42(64)27-60-15-11-28(12-16-60)31-6-5-30(21-34(31)49)54-37-9-10-41(63)57-46(37)65/h5-8,13-14,21-26,28,37,54H,9-12,15-20,27H2,1-4H3,(H,57,63,65)(H2,52,55,56,58). The minimum absolute atomic E-state index is 0.00946. The van der Waals surface area contributed by atoms with E-state index in [2.05, 4.69) is 67.0 Å². The number of ether oxygens (including phenoxy) is 1. The van der Waals surface area contributed by atoms with Gasteiger partial charge in [0, 0.05) is 107 Å². The minimum Gasteiger partial charge on any atom is -0.494 e. The number of carbonyl (C=O) groups is 3. The second-order valence-corrected chi connectivity index (χ2v) is 20.2. The molecule has 6 heterocycles. The molecule has 3 aliphatic rings. The number of aryl methyl sites for hydroxylation is 1. The van der Waals surface area contributed by atoms with Crippen molar-refractivity contribution in [2.75, 3.05) is 88.0 Å². The molecular formula is C47H52BrFN13O7P. The van der Waals surface area contributed by atoms with Crippen LogP contribution in [0.4, 0.5) is 38.9 Å². The molecule has 0 bridgehead atoms. The van der Waals surface area contributed by atoms with Crippen LogP contribution >= 0.6 is 23.5 Å². The molecule has 366 valence electrons. The van der Waals surface area contributed by atoms with Gasteiger partial charge in [-0.3, -0.25) is 43.8 Å².